The number of aryl methyl sites for hydroxylation is 1. The first-order chi connectivity index (χ1) is 17.1. The summed E-state index contributed by atoms with van der Waals surface area (Å²) >= 11 is 1.47. The first-order valence-corrected chi connectivity index (χ1v) is 12.8. The molecule has 0 radical (unpaired) electrons. The number of nitrogens with one attached hydrogen (secondary N) is 2. The van der Waals surface area contributed by atoms with E-state index in [9.17, 15) is 14.9 Å². The first kappa shape index (κ1) is 25.3. The number of carbonyl (C=O) groups excluding carboxylic acids is 2. The number of benzene rings is 1. The van der Waals surface area contributed by atoms with E-state index in [2.05, 4.69) is 26.7 Å². The number of nitrogens with zero attached hydrogens (tertiary/aromatic N) is 5. The minimum atomic E-state index is -0.714. The second-order valence-electron chi connectivity index (χ2n) is 9.40. The molecule has 0 unspecified atom stereocenters. The largest absolute Gasteiger partial charge is 0.444 e. The molecule has 2 aliphatic rings. The van der Waals surface area contributed by atoms with Crippen LogP contribution >= 0.6 is 11.8 Å². The van der Waals surface area contributed by atoms with E-state index < -0.39 is 23.6 Å². The lowest BCUT2D eigenvalue weighted by Gasteiger charge is -2.27. The Morgan fingerprint density at radius 1 is 1.33 bits per heavy atom. The lowest BCUT2D eigenvalue weighted by molar-refractivity contribution is -0.120. The third kappa shape index (κ3) is 5.09. The summed E-state index contributed by atoms with van der Waals surface area (Å²) in [5.41, 5.74) is 2.67. The Balaban J connectivity index is 1.60. The molecule has 4 rings (SSSR count). The van der Waals surface area contributed by atoms with Gasteiger partial charge >= 0.3 is 6.09 Å². The molecule has 2 aliphatic heterocycles. The van der Waals surface area contributed by atoms with E-state index in [0.29, 0.717) is 40.8 Å². The molecule has 36 heavy (non-hydrogen) atoms. The second kappa shape index (κ2) is 10.1. The van der Waals surface area contributed by atoms with Crippen LogP contribution in [0.25, 0.3) is 5.57 Å². The van der Waals surface area contributed by atoms with Crippen molar-refractivity contribution in [1.29, 1.82) is 5.26 Å². The quantitative estimate of drug-likeness (QED) is 0.587. The number of thioether (sulfide) groups is 1. The van der Waals surface area contributed by atoms with Crippen molar-refractivity contribution >= 4 is 46.7 Å². The third-order valence-corrected chi connectivity index (χ3v) is 6.65. The van der Waals surface area contributed by atoms with Gasteiger partial charge in [0.25, 0.3) is 5.91 Å². The zero-order chi connectivity index (χ0) is 26.0. The maximum atomic E-state index is 13.1. The van der Waals surface area contributed by atoms with Crippen LogP contribution in [0.2, 0.25) is 0 Å². The number of nitriles is 1. The van der Waals surface area contributed by atoms with Crippen molar-refractivity contribution in [3.05, 3.63) is 47.5 Å². The van der Waals surface area contributed by atoms with Gasteiger partial charge in [-0.3, -0.25) is 15.0 Å². The summed E-state index contributed by atoms with van der Waals surface area (Å²) in [5, 5.41) is 16.2. The molecule has 2 N–H and O–H groups in total. The van der Waals surface area contributed by atoms with Gasteiger partial charge in [0.2, 0.25) is 5.95 Å². The number of aromatic nitrogens is 2. The molecule has 1 atom stereocenters. The van der Waals surface area contributed by atoms with Gasteiger partial charge in [-0.2, -0.15) is 5.26 Å². The first-order valence-electron chi connectivity index (χ1n) is 11.6. The number of hydrogen-bond donors (Lipinski definition) is 2. The molecule has 1 aromatic heterocycles. The monoisotopic (exact) mass is 507 g/mol. The number of hydrogen-bond acceptors (Lipinski definition) is 9. The maximum absolute atomic E-state index is 13.1. The average Bonchev–Trinajstić information content (AvgIpc) is 3.45. The molecule has 1 aromatic carbocycles. The molecular weight excluding hydrogens is 478 g/mol. The van der Waals surface area contributed by atoms with Crippen LogP contribution in [0.15, 0.2) is 36.3 Å². The number of rotatable bonds is 4. The van der Waals surface area contributed by atoms with E-state index >= 15 is 0 Å². The van der Waals surface area contributed by atoms with Crippen molar-refractivity contribution in [3.8, 4) is 6.07 Å². The number of ether oxygens (including phenoxy) is 1. The zero-order valence-electron chi connectivity index (χ0n) is 21.0. The number of carbonyl (C=O) groups is 2. The van der Waals surface area contributed by atoms with E-state index in [1.807, 2.05) is 43.0 Å². The number of amides is 2. The minimum Gasteiger partial charge on any atom is -0.444 e. The standard InChI is InChI=1S/C25H29N7O3S/c1-6-31-18-10-8-7-9-17(18)28-21(31)16(11-26)20-15(2)12-27-23(29-20)30-22(33)19-13-36-14-32(19)24(34)35-25(3,4)5/h7-10,12,19,28H,6,13-14H2,1-5H3,(H,27,29,30,33)/b21-16+/t19-/m1/s1. The summed E-state index contributed by atoms with van der Waals surface area (Å²) in [5.74, 6) is 1.08. The number of allylic oxidation sites excluding steroid dienone is 1. The Hall–Kier alpha value is -3.78. The molecule has 188 valence electrons. The van der Waals surface area contributed by atoms with Crippen molar-refractivity contribution in [2.45, 2.75) is 46.3 Å². The maximum Gasteiger partial charge on any atom is 0.411 e. The number of para-hydroxylation sites is 2. The molecule has 11 heteroatoms. The fourth-order valence-corrected chi connectivity index (χ4v) is 5.13. The summed E-state index contributed by atoms with van der Waals surface area (Å²) in [7, 11) is 0. The summed E-state index contributed by atoms with van der Waals surface area (Å²) in [6, 6.07) is 9.39. The number of fused-ring (bicyclic) bond motifs is 1. The smallest absolute Gasteiger partial charge is 0.411 e. The molecule has 2 amide bonds. The van der Waals surface area contributed by atoms with Gasteiger partial charge in [0.15, 0.2) is 0 Å². The molecule has 0 spiro atoms. The number of anilines is 3. The van der Waals surface area contributed by atoms with Crippen LogP contribution in [0.1, 0.15) is 39.0 Å². The summed E-state index contributed by atoms with van der Waals surface area (Å²) in [6.45, 7) is 9.82. The molecule has 0 aliphatic carbocycles. The Morgan fingerprint density at radius 2 is 2.08 bits per heavy atom. The lowest BCUT2D eigenvalue weighted by atomic mass is 10.1. The highest BCUT2D eigenvalue weighted by molar-refractivity contribution is 7.99. The SMILES string of the molecule is CCN1/C(=C(\C#N)c2nc(NC(=O)[C@H]3CSCN3C(=O)OC(C)(C)C)ncc2C)Nc2ccccc21. The van der Waals surface area contributed by atoms with Gasteiger partial charge in [0.05, 0.1) is 22.9 Å². The van der Waals surface area contributed by atoms with Gasteiger partial charge in [-0.1, -0.05) is 12.1 Å². The molecule has 3 heterocycles. The highest BCUT2D eigenvalue weighted by Crippen LogP contribution is 2.39. The van der Waals surface area contributed by atoms with E-state index in [-0.39, 0.29) is 5.95 Å². The summed E-state index contributed by atoms with van der Waals surface area (Å²) < 4.78 is 5.45. The van der Waals surface area contributed by atoms with Crippen molar-refractivity contribution in [2.24, 2.45) is 0 Å². The average molecular weight is 508 g/mol. The highest BCUT2D eigenvalue weighted by Gasteiger charge is 2.37. The molecule has 0 saturated carbocycles. The van der Waals surface area contributed by atoms with Crippen LogP contribution in [0.5, 0.6) is 0 Å². The van der Waals surface area contributed by atoms with Crippen LogP contribution in [0.3, 0.4) is 0 Å². The molecule has 1 saturated heterocycles. The van der Waals surface area contributed by atoms with Crippen LogP contribution in [-0.4, -0.2) is 56.7 Å². The topological polar surface area (TPSA) is 123 Å². The molecule has 10 nitrogen and oxygen atoms in total. The Morgan fingerprint density at radius 3 is 2.78 bits per heavy atom. The molecule has 2 aromatic rings. The zero-order valence-corrected chi connectivity index (χ0v) is 21.8. The fourth-order valence-electron chi connectivity index (χ4n) is 3.98. The molecule has 1 fully saturated rings. The van der Waals surface area contributed by atoms with Crippen molar-refractivity contribution in [2.75, 3.05) is 33.7 Å². The van der Waals surface area contributed by atoms with Crippen molar-refractivity contribution in [1.82, 2.24) is 14.9 Å². The van der Waals surface area contributed by atoms with E-state index in [4.69, 9.17) is 4.74 Å². The summed E-state index contributed by atoms with van der Waals surface area (Å²) in [4.78, 5) is 37.9. The predicted molar refractivity (Wildman–Crippen MR) is 140 cm³/mol. The van der Waals surface area contributed by atoms with E-state index in [1.165, 1.54) is 16.7 Å². The molecule has 0 bridgehead atoms. The van der Waals surface area contributed by atoms with Crippen molar-refractivity contribution < 1.29 is 14.3 Å². The Bertz CT molecular complexity index is 1270. The van der Waals surface area contributed by atoms with Gasteiger partial charge in [0.1, 0.15) is 29.1 Å². The van der Waals surface area contributed by atoms with E-state index in [1.54, 1.807) is 27.0 Å². The van der Waals surface area contributed by atoms with Crippen LogP contribution < -0.4 is 15.5 Å². The van der Waals surface area contributed by atoms with Crippen LogP contribution in [0, 0.1) is 18.3 Å². The van der Waals surface area contributed by atoms with Crippen LogP contribution in [0.4, 0.5) is 22.1 Å². The molecular formula is C25H29N7O3S. The predicted octanol–water partition coefficient (Wildman–Crippen LogP) is 4.18. The lowest BCUT2D eigenvalue weighted by Crippen LogP contribution is -2.46. The van der Waals surface area contributed by atoms with E-state index in [0.717, 1.165) is 11.4 Å². The van der Waals surface area contributed by atoms with Gasteiger partial charge in [-0.05, 0) is 52.3 Å². The van der Waals surface area contributed by atoms with Crippen LogP contribution in [-0.2, 0) is 9.53 Å². The Kier molecular flexibility index (Phi) is 7.08. The van der Waals surface area contributed by atoms with Gasteiger partial charge in [-0.25, -0.2) is 14.8 Å². The van der Waals surface area contributed by atoms with Gasteiger partial charge in [-0.15, -0.1) is 11.8 Å². The van der Waals surface area contributed by atoms with Crippen molar-refractivity contribution in [3.63, 3.8) is 0 Å². The fraction of sp³-hybridized carbons (Fsp3) is 0.400. The normalized spacial score (nSPS) is 18.3. The Labute approximate surface area is 214 Å². The third-order valence-electron chi connectivity index (χ3n) is 5.64. The van der Waals surface area contributed by atoms with Gasteiger partial charge in [0, 0.05) is 18.5 Å². The highest BCUT2D eigenvalue weighted by atomic mass is 32.2. The summed E-state index contributed by atoms with van der Waals surface area (Å²) in [6.07, 6.45) is 1.03. The minimum absolute atomic E-state index is 0.0635. The van der Waals surface area contributed by atoms with Gasteiger partial charge < -0.3 is 15.0 Å². The second-order valence-corrected chi connectivity index (χ2v) is 10.4.